The van der Waals surface area contributed by atoms with Crippen molar-refractivity contribution in [1.29, 1.82) is 0 Å². The molecule has 0 aliphatic carbocycles. The van der Waals surface area contributed by atoms with Gasteiger partial charge in [0.15, 0.2) is 0 Å². The summed E-state index contributed by atoms with van der Waals surface area (Å²) in [6, 6.07) is 16.1. The molecule has 0 spiro atoms. The summed E-state index contributed by atoms with van der Waals surface area (Å²) in [6.45, 7) is 2.14. The van der Waals surface area contributed by atoms with Crippen molar-refractivity contribution in [1.82, 2.24) is 0 Å². The van der Waals surface area contributed by atoms with Crippen molar-refractivity contribution in [2.24, 2.45) is 0 Å². The third-order valence-electron chi connectivity index (χ3n) is 3.59. The number of rotatable bonds is 3. The average Bonchev–Trinajstić information content (AvgIpc) is 2.61. The van der Waals surface area contributed by atoms with E-state index in [2.05, 4.69) is 0 Å². The number of carbonyl (C=O) groups excluding carboxylic acids is 2. The van der Waals surface area contributed by atoms with E-state index in [-0.39, 0.29) is 19.1 Å². The van der Waals surface area contributed by atoms with Crippen LogP contribution in [-0.2, 0) is 9.53 Å². The fourth-order valence-corrected chi connectivity index (χ4v) is 2.52. The van der Waals surface area contributed by atoms with Crippen LogP contribution in [0.5, 0.6) is 5.75 Å². The van der Waals surface area contributed by atoms with E-state index >= 15 is 0 Å². The molecule has 5 heteroatoms. The lowest BCUT2D eigenvalue weighted by Crippen LogP contribution is -2.47. The average molecular weight is 311 g/mol. The third kappa shape index (κ3) is 3.04. The van der Waals surface area contributed by atoms with Crippen molar-refractivity contribution in [2.75, 3.05) is 18.1 Å². The molecule has 0 fully saturated rings. The highest BCUT2D eigenvalue weighted by molar-refractivity contribution is 6.07. The number of hydrogen-bond acceptors (Lipinski definition) is 4. The molecule has 1 amide bonds. The lowest BCUT2D eigenvalue weighted by Gasteiger charge is -2.33. The smallest absolute Gasteiger partial charge is 0.349 e. The van der Waals surface area contributed by atoms with Crippen molar-refractivity contribution in [2.45, 2.75) is 13.0 Å². The Morgan fingerprint density at radius 3 is 2.57 bits per heavy atom. The molecule has 1 aliphatic heterocycles. The molecular formula is C18H17NO4. The van der Waals surface area contributed by atoms with Gasteiger partial charge in [-0.15, -0.1) is 0 Å². The molecule has 0 bridgehead atoms. The van der Waals surface area contributed by atoms with Gasteiger partial charge in [0.05, 0.1) is 18.8 Å². The first-order valence-electron chi connectivity index (χ1n) is 7.50. The summed E-state index contributed by atoms with van der Waals surface area (Å²) in [6.07, 6.45) is -0.822. The van der Waals surface area contributed by atoms with E-state index in [0.29, 0.717) is 17.0 Å². The van der Waals surface area contributed by atoms with Gasteiger partial charge in [-0.05, 0) is 31.2 Å². The molecule has 0 saturated carbocycles. The van der Waals surface area contributed by atoms with Crippen LogP contribution in [0.4, 0.5) is 5.69 Å². The Labute approximate surface area is 134 Å². The number of benzene rings is 2. The van der Waals surface area contributed by atoms with Gasteiger partial charge < -0.3 is 14.4 Å². The van der Waals surface area contributed by atoms with Gasteiger partial charge in [0.25, 0.3) is 5.91 Å². The Balaban J connectivity index is 1.94. The van der Waals surface area contributed by atoms with E-state index in [9.17, 15) is 9.59 Å². The second-order valence-corrected chi connectivity index (χ2v) is 5.11. The van der Waals surface area contributed by atoms with Gasteiger partial charge in [0.2, 0.25) is 6.10 Å². The molecule has 1 unspecified atom stereocenters. The summed E-state index contributed by atoms with van der Waals surface area (Å²) in [5.74, 6) is -0.135. The van der Waals surface area contributed by atoms with Crippen molar-refractivity contribution in [3.63, 3.8) is 0 Å². The molecule has 0 aromatic heterocycles. The number of fused-ring (bicyclic) bond motifs is 1. The maximum absolute atomic E-state index is 12.8. The van der Waals surface area contributed by atoms with Gasteiger partial charge in [-0.2, -0.15) is 0 Å². The number of hydrogen-bond donors (Lipinski definition) is 0. The normalized spacial score (nSPS) is 16.2. The summed E-state index contributed by atoms with van der Waals surface area (Å²) in [5, 5.41) is 0. The minimum atomic E-state index is -0.822. The number of ether oxygens (including phenoxy) is 2. The quantitative estimate of drug-likeness (QED) is 0.818. The van der Waals surface area contributed by atoms with Crippen LogP contribution in [0.1, 0.15) is 17.3 Å². The van der Waals surface area contributed by atoms with Crippen LogP contribution in [0.15, 0.2) is 54.6 Å². The standard InChI is InChI=1S/C18H17NO4/c1-2-22-18(21)16-12-19(14-10-6-7-11-15(14)23-16)17(20)13-8-4-3-5-9-13/h3-11,16H,2,12H2,1H3. The summed E-state index contributed by atoms with van der Waals surface area (Å²) < 4.78 is 10.7. The van der Waals surface area contributed by atoms with Crippen molar-refractivity contribution < 1.29 is 19.1 Å². The summed E-state index contributed by atoms with van der Waals surface area (Å²) in [5.41, 5.74) is 1.22. The van der Waals surface area contributed by atoms with Crippen molar-refractivity contribution in [3.8, 4) is 5.75 Å². The van der Waals surface area contributed by atoms with Gasteiger partial charge in [0, 0.05) is 5.56 Å². The zero-order valence-corrected chi connectivity index (χ0v) is 12.8. The minimum absolute atomic E-state index is 0.129. The van der Waals surface area contributed by atoms with E-state index < -0.39 is 12.1 Å². The number of nitrogens with zero attached hydrogens (tertiary/aromatic N) is 1. The number of anilines is 1. The first-order chi connectivity index (χ1) is 11.2. The van der Waals surface area contributed by atoms with Crippen LogP contribution < -0.4 is 9.64 Å². The largest absolute Gasteiger partial charge is 0.475 e. The second kappa shape index (κ2) is 6.52. The van der Waals surface area contributed by atoms with Gasteiger partial charge in [-0.25, -0.2) is 4.79 Å². The van der Waals surface area contributed by atoms with Crippen molar-refractivity contribution in [3.05, 3.63) is 60.2 Å². The van der Waals surface area contributed by atoms with E-state index in [1.54, 1.807) is 42.2 Å². The first-order valence-corrected chi connectivity index (χ1v) is 7.50. The second-order valence-electron chi connectivity index (χ2n) is 5.11. The van der Waals surface area contributed by atoms with E-state index in [1.165, 1.54) is 0 Å². The van der Waals surface area contributed by atoms with Crippen LogP contribution in [0.2, 0.25) is 0 Å². The maximum Gasteiger partial charge on any atom is 0.349 e. The SMILES string of the molecule is CCOC(=O)C1CN(C(=O)c2ccccc2)c2ccccc2O1. The molecular weight excluding hydrogens is 294 g/mol. The Bertz CT molecular complexity index is 714. The minimum Gasteiger partial charge on any atom is -0.475 e. The Morgan fingerprint density at radius 2 is 1.83 bits per heavy atom. The molecule has 5 nitrogen and oxygen atoms in total. The highest BCUT2D eigenvalue weighted by Gasteiger charge is 2.34. The number of esters is 1. The van der Waals surface area contributed by atoms with Gasteiger partial charge in [0.1, 0.15) is 5.75 Å². The van der Waals surface area contributed by atoms with Gasteiger partial charge >= 0.3 is 5.97 Å². The molecule has 1 heterocycles. The van der Waals surface area contributed by atoms with Crippen LogP contribution in [0.3, 0.4) is 0 Å². The molecule has 1 atom stereocenters. The lowest BCUT2D eigenvalue weighted by molar-refractivity contribution is -0.151. The first kappa shape index (κ1) is 15.1. The van der Waals surface area contributed by atoms with E-state index in [4.69, 9.17) is 9.47 Å². The number of carbonyl (C=O) groups is 2. The molecule has 0 N–H and O–H groups in total. The summed E-state index contributed by atoms with van der Waals surface area (Å²) in [4.78, 5) is 26.4. The number of para-hydroxylation sites is 2. The summed E-state index contributed by atoms with van der Waals surface area (Å²) >= 11 is 0. The van der Waals surface area contributed by atoms with Gasteiger partial charge in [-0.3, -0.25) is 4.79 Å². The molecule has 0 saturated heterocycles. The molecule has 118 valence electrons. The number of amides is 1. The molecule has 1 aliphatic rings. The van der Waals surface area contributed by atoms with Gasteiger partial charge in [-0.1, -0.05) is 30.3 Å². The van der Waals surface area contributed by atoms with Crippen LogP contribution in [-0.4, -0.2) is 31.1 Å². The molecule has 3 rings (SSSR count). The molecule has 2 aromatic carbocycles. The Hall–Kier alpha value is -2.82. The van der Waals surface area contributed by atoms with Crippen LogP contribution in [0.25, 0.3) is 0 Å². The molecule has 2 aromatic rings. The Kier molecular flexibility index (Phi) is 4.28. The fourth-order valence-electron chi connectivity index (χ4n) is 2.52. The van der Waals surface area contributed by atoms with E-state index in [1.807, 2.05) is 24.3 Å². The van der Waals surface area contributed by atoms with Crippen LogP contribution >= 0.6 is 0 Å². The molecule has 23 heavy (non-hydrogen) atoms. The van der Waals surface area contributed by atoms with E-state index in [0.717, 1.165) is 0 Å². The summed E-state index contributed by atoms with van der Waals surface area (Å²) in [7, 11) is 0. The van der Waals surface area contributed by atoms with Crippen LogP contribution in [0, 0.1) is 0 Å². The zero-order chi connectivity index (χ0) is 16.2. The zero-order valence-electron chi connectivity index (χ0n) is 12.8. The highest BCUT2D eigenvalue weighted by Crippen LogP contribution is 2.34. The predicted molar refractivity (Wildman–Crippen MR) is 85.6 cm³/mol. The highest BCUT2D eigenvalue weighted by atomic mass is 16.6. The monoisotopic (exact) mass is 311 g/mol. The topological polar surface area (TPSA) is 55.8 Å². The fraction of sp³-hybridized carbons (Fsp3) is 0.222. The lowest BCUT2D eigenvalue weighted by atomic mass is 10.1. The maximum atomic E-state index is 12.8. The Morgan fingerprint density at radius 1 is 1.13 bits per heavy atom. The van der Waals surface area contributed by atoms with Crippen molar-refractivity contribution >= 4 is 17.6 Å². The predicted octanol–water partition coefficient (Wildman–Crippen LogP) is 2.66. The molecule has 0 radical (unpaired) electrons. The third-order valence-corrected chi connectivity index (χ3v) is 3.59.